The molecule has 0 unspecified atom stereocenters. The van der Waals surface area contributed by atoms with Gasteiger partial charge in [0.1, 0.15) is 11.5 Å². The summed E-state index contributed by atoms with van der Waals surface area (Å²) in [6, 6.07) is 21.7. The normalized spacial score (nSPS) is 10.7. The van der Waals surface area contributed by atoms with Gasteiger partial charge in [0.15, 0.2) is 0 Å². The molecule has 0 aliphatic heterocycles. The summed E-state index contributed by atoms with van der Waals surface area (Å²) in [6.07, 6.45) is 0. The Labute approximate surface area is 163 Å². The maximum absolute atomic E-state index is 5.63. The number of aryl methyl sites for hydroxylation is 1. The summed E-state index contributed by atoms with van der Waals surface area (Å²) in [6.45, 7) is 2.08. The first-order chi connectivity index (χ1) is 13.7. The van der Waals surface area contributed by atoms with Gasteiger partial charge in [0.25, 0.3) is 5.89 Å². The number of ether oxygens (including phenoxy) is 2. The number of hydrogen-bond donors (Lipinski definition) is 0. The first kappa shape index (κ1) is 17.8. The molecule has 5 nitrogen and oxygen atoms in total. The second kappa shape index (κ2) is 7.56. The Morgan fingerprint density at radius 2 is 1.46 bits per heavy atom. The monoisotopic (exact) mass is 372 g/mol. The maximum Gasteiger partial charge on any atom is 0.258 e. The third kappa shape index (κ3) is 3.22. The minimum absolute atomic E-state index is 0.426. The third-order valence-corrected chi connectivity index (χ3v) is 4.66. The van der Waals surface area contributed by atoms with Gasteiger partial charge in [-0.2, -0.15) is 4.98 Å². The predicted octanol–water partition coefficient (Wildman–Crippen LogP) is 5.40. The smallest absolute Gasteiger partial charge is 0.258 e. The largest absolute Gasteiger partial charge is 0.496 e. The molecule has 1 aromatic heterocycles. The molecule has 0 spiro atoms. The lowest BCUT2D eigenvalue weighted by Crippen LogP contribution is -1.91. The van der Waals surface area contributed by atoms with E-state index in [1.807, 2.05) is 54.6 Å². The van der Waals surface area contributed by atoms with Crippen LogP contribution in [0.25, 0.3) is 34.0 Å². The van der Waals surface area contributed by atoms with Gasteiger partial charge in [-0.05, 0) is 48.4 Å². The zero-order chi connectivity index (χ0) is 19.5. The van der Waals surface area contributed by atoms with Crippen LogP contribution in [0.3, 0.4) is 0 Å². The molecule has 0 amide bonds. The molecule has 0 radical (unpaired) electrons. The fourth-order valence-electron chi connectivity index (χ4n) is 3.20. The zero-order valence-electron chi connectivity index (χ0n) is 16.0. The van der Waals surface area contributed by atoms with Gasteiger partial charge >= 0.3 is 0 Å². The van der Waals surface area contributed by atoms with Gasteiger partial charge in [0.2, 0.25) is 5.82 Å². The van der Waals surface area contributed by atoms with Crippen molar-refractivity contribution in [3.63, 3.8) is 0 Å². The van der Waals surface area contributed by atoms with E-state index >= 15 is 0 Å². The predicted molar refractivity (Wildman–Crippen MR) is 108 cm³/mol. The molecule has 5 heteroatoms. The van der Waals surface area contributed by atoms with Crippen LogP contribution in [-0.2, 0) is 0 Å². The topological polar surface area (TPSA) is 57.4 Å². The molecule has 4 rings (SSSR count). The van der Waals surface area contributed by atoms with Crippen LogP contribution in [0.4, 0.5) is 0 Å². The summed E-state index contributed by atoms with van der Waals surface area (Å²) >= 11 is 0. The van der Waals surface area contributed by atoms with E-state index in [0.717, 1.165) is 28.0 Å². The van der Waals surface area contributed by atoms with Gasteiger partial charge < -0.3 is 14.0 Å². The number of para-hydroxylation sites is 1. The maximum atomic E-state index is 5.63. The molecular weight excluding hydrogens is 352 g/mol. The van der Waals surface area contributed by atoms with E-state index in [2.05, 4.69) is 29.2 Å². The summed E-state index contributed by atoms with van der Waals surface area (Å²) in [7, 11) is 3.28. The average molecular weight is 372 g/mol. The van der Waals surface area contributed by atoms with Crippen LogP contribution >= 0.6 is 0 Å². The van der Waals surface area contributed by atoms with E-state index in [9.17, 15) is 0 Å². The number of aromatic nitrogens is 2. The number of methoxy groups -OCH3 is 2. The fraction of sp³-hybridized carbons (Fsp3) is 0.130. The van der Waals surface area contributed by atoms with Crippen LogP contribution in [-0.4, -0.2) is 24.4 Å². The summed E-state index contributed by atoms with van der Waals surface area (Å²) in [5, 5.41) is 4.11. The van der Waals surface area contributed by atoms with E-state index in [-0.39, 0.29) is 0 Å². The van der Waals surface area contributed by atoms with Crippen LogP contribution in [0.15, 0.2) is 71.3 Å². The number of benzene rings is 3. The lowest BCUT2D eigenvalue weighted by Gasteiger charge is -2.11. The first-order valence-electron chi connectivity index (χ1n) is 8.92. The Balaban J connectivity index is 1.73. The van der Waals surface area contributed by atoms with Crippen molar-refractivity contribution < 1.29 is 14.0 Å². The fourth-order valence-corrected chi connectivity index (χ4v) is 3.20. The second-order valence-electron chi connectivity index (χ2n) is 6.35. The minimum atomic E-state index is 0.426. The molecule has 1 heterocycles. The van der Waals surface area contributed by atoms with Crippen molar-refractivity contribution in [3.8, 4) is 45.5 Å². The van der Waals surface area contributed by atoms with Crippen LogP contribution < -0.4 is 9.47 Å². The van der Waals surface area contributed by atoms with Crippen molar-refractivity contribution in [1.82, 2.24) is 10.1 Å². The number of rotatable bonds is 5. The molecule has 3 aromatic carbocycles. The highest BCUT2D eigenvalue weighted by molar-refractivity contribution is 5.76. The van der Waals surface area contributed by atoms with E-state index in [4.69, 9.17) is 14.0 Å². The Hall–Kier alpha value is -3.60. The lowest BCUT2D eigenvalue weighted by atomic mass is 9.98. The molecular formula is C23H20N2O3. The van der Waals surface area contributed by atoms with E-state index in [1.165, 1.54) is 5.56 Å². The summed E-state index contributed by atoms with van der Waals surface area (Å²) < 4.78 is 16.5. The Bertz CT molecular complexity index is 1120. The molecule has 28 heavy (non-hydrogen) atoms. The lowest BCUT2D eigenvalue weighted by molar-refractivity contribution is 0.412. The SMILES string of the molecule is COc1ccccc1-c1noc(-c2ccc(-c3ccccc3C)c(OC)c2)n1. The van der Waals surface area contributed by atoms with Crippen molar-refractivity contribution in [2.45, 2.75) is 6.92 Å². The molecule has 140 valence electrons. The van der Waals surface area contributed by atoms with Crippen molar-refractivity contribution in [2.75, 3.05) is 14.2 Å². The van der Waals surface area contributed by atoms with E-state index in [1.54, 1.807) is 14.2 Å². The van der Waals surface area contributed by atoms with Gasteiger partial charge in [0, 0.05) is 11.1 Å². The zero-order valence-corrected chi connectivity index (χ0v) is 16.0. The van der Waals surface area contributed by atoms with Crippen molar-refractivity contribution >= 4 is 0 Å². The van der Waals surface area contributed by atoms with Crippen molar-refractivity contribution in [1.29, 1.82) is 0 Å². The van der Waals surface area contributed by atoms with Gasteiger partial charge in [-0.1, -0.05) is 41.6 Å². The molecule has 0 N–H and O–H groups in total. The highest BCUT2D eigenvalue weighted by atomic mass is 16.5. The molecule has 4 aromatic rings. The van der Waals surface area contributed by atoms with E-state index in [0.29, 0.717) is 17.5 Å². The highest BCUT2D eigenvalue weighted by Crippen LogP contribution is 2.36. The molecule has 0 fully saturated rings. The van der Waals surface area contributed by atoms with Crippen LogP contribution in [0, 0.1) is 6.92 Å². The molecule has 0 aliphatic rings. The molecule has 0 bridgehead atoms. The van der Waals surface area contributed by atoms with Crippen LogP contribution in [0.5, 0.6) is 11.5 Å². The van der Waals surface area contributed by atoms with E-state index < -0.39 is 0 Å². The third-order valence-electron chi connectivity index (χ3n) is 4.66. The highest BCUT2D eigenvalue weighted by Gasteiger charge is 2.16. The van der Waals surface area contributed by atoms with Crippen molar-refractivity contribution in [2.24, 2.45) is 0 Å². The second-order valence-corrected chi connectivity index (χ2v) is 6.35. The van der Waals surface area contributed by atoms with Crippen LogP contribution in [0.2, 0.25) is 0 Å². The molecule has 0 saturated heterocycles. The van der Waals surface area contributed by atoms with Gasteiger partial charge in [-0.25, -0.2) is 0 Å². The Morgan fingerprint density at radius 3 is 2.21 bits per heavy atom. The quantitative estimate of drug-likeness (QED) is 0.470. The average Bonchev–Trinajstić information content (AvgIpc) is 3.24. The van der Waals surface area contributed by atoms with Crippen molar-refractivity contribution in [3.05, 3.63) is 72.3 Å². The number of hydrogen-bond acceptors (Lipinski definition) is 5. The Kier molecular flexibility index (Phi) is 4.81. The van der Waals surface area contributed by atoms with Gasteiger partial charge in [-0.3, -0.25) is 0 Å². The van der Waals surface area contributed by atoms with Crippen LogP contribution in [0.1, 0.15) is 5.56 Å². The first-order valence-corrected chi connectivity index (χ1v) is 8.92. The number of nitrogens with zero attached hydrogens (tertiary/aromatic N) is 2. The van der Waals surface area contributed by atoms with Gasteiger partial charge in [-0.15, -0.1) is 0 Å². The molecule has 0 aliphatic carbocycles. The van der Waals surface area contributed by atoms with Gasteiger partial charge in [0.05, 0.1) is 19.8 Å². The standard InChI is InChI=1S/C23H20N2O3/c1-15-8-4-5-9-17(15)18-13-12-16(14-21(18)27-3)23-24-22(25-28-23)19-10-6-7-11-20(19)26-2/h4-14H,1-3H3. The summed E-state index contributed by atoms with van der Waals surface area (Å²) in [4.78, 5) is 4.54. The molecule has 0 saturated carbocycles. The molecule has 0 atom stereocenters. The summed E-state index contributed by atoms with van der Waals surface area (Å²) in [5.74, 6) is 2.36. The Morgan fingerprint density at radius 1 is 0.750 bits per heavy atom. The minimum Gasteiger partial charge on any atom is -0.496 e. The summed E-state index contributed by atoms with van der Waals surface area (Å²) in [5.41, 5.74) is 4.91.